The van der Waals surface area contributed by atoms with Gasteiger partial charge in [0.15, 0.2) is 5.82 Å². The van der Waals surface area contributed by atoms with Crippen molar-refractivity contribution in [1.82, 2.24) is 0 Å². The summed E-state index contributed by atoms with van der Waals surface area (Å²) in [5, 5.41) is 0. The van der Waals surface area contributed by atoms with Crippen LogP contribution in [-0.2, 0) is 0 Å². The number of nitrogen functional groups attached to an aromatic ring is 1. The molecule has 0 amide bonds. The number of hydrogen-bond acceptors (Lipinski definition) is 1. The second-order valence-electron chi connectivity index (χ2n) is 1.79. The molecule has 0 fully saturated rings. The van der Waals surface area contributed by atoms with Crippen LogP contribution in [0.5, 0.6) is 0 Å². The van der Waals surface area contributed by atoms with Gasteiger partial charge in [0.2, 0.25) is 0 Å². The van der Waals surface area contributed by atoms with E-state index in [-0.39, 0.29) is 10.2 Å². The summed E-state index contributed by atoms with van der Waals surface area (Å²) in [6.45, 7) is 0. The van der Waals surface area contributed by atoms with Crippen molar-refractivity contribution in [3.8, 4) is 0 Å². The Hall–Kier alpha value is -0.640. The van der Waals surface area contributed by atoms with Gasteiger partial charge in [0.05, 0.1) is 10.2 Å². The van der Waals surface area contributed by atoms with Crippen LogP contribution in [0.1, 0.15) is 0 Å². The summed E-state index contributed by atoms with van der Waals surface area (Å²) in [6.07, 6.45) is 0. The first kappa shape index (κ1) is 7.47. The van der Waals surface area contributed by atoms with Gasteiger partial charge in [-0.1, -0.05) is 0 Å². The second kappa shape index (κ2) is 2.54. The fraction of sp³-hybridized carbons (Fsp3) is 0. The van der Waals surface area contributed by atoms with E-state index in [4.69, 9.17) is 5.73 Å². The van der Waals surface area contributed by atoms with E-state index in [0.717, 1.165) is 12.1 Å². The molecule has 0 saturated heterocycles. The highest BCUT2D eigenvalue weighted by molar-refractivity contribution is 9.10. The molecule has 0 aliphatic rings. The lowest BCUT2D eigenvalue weighted by molar-refractivity contribution is 0.598. The van der Waals surface area contributed by atoms with Crippen LogP contribution in [0, 0.1) is 11.6 Å². The molecule has 1 rings (SSSR count). The smallest absolute Gasteiger partial charge is 0.160 e. The predicted octanol–water partition coefficient (Wildman–Crippen LogP) is 2.31. The third-order valence-electron chi connectivity index (χ3n) is 1.02. The first-order valence-electron chi connectivity index (χ1n) is 2.51. The summed E-state index contributed by atoms with van der Waals surface area (Å²) < 4.78 is 25.0. The molecule has 4 heteroatoms. The van der Waals surface area contributed by atoms with E-state index in [9.17, 15) is 8.78 Å². The van der Waals surface area contributed by atoms with Crippen LogP contribution in [0.3, 0.4) is 0 Å². The molecule has 0 atom stereocenters. The minimum absolute atomic E-state index is 0.0463. The van der Waals surface area contributed by atoms with Crippen molar-refractivity contribution in [2.45, 2.75) is 0 Å². The molecular formula is C6H4BrF2N. The van der Waals surface area contributed by atoms with Crippen LogP contribution in [0.4, 0.5) is 14.5 Å². The molecule has 1 nitrogen and oxygen atoms in total. The van der Waals surface area contributed by atoms with E-state index >= 15 is 0 Å². The molecule has 1 aromatic rings. The number of benzene rings is 1. The van der Waals surface area contributed by atoms with Crippen LogP contribution in [0.15, 0.2) is 16.6 Å². The van der Waals surface area contributed by atoms with Gasteiger partial charge in [-0.05, 0) is 28.1 Å². The van der Waals surface area contributed by atoms with E-state index in [2.05, 4.69) is 15.9 Å². The van der Waals surface area contributed by atoms with Crippen LogP contribution in [0.2, 0.25) is 0 Å². The van der Waals surface area contributed by atoms with E-state index < -0.39 is 11.6 Å². The molecule has 0 spiro atoms. The Morgan fingerprint density at radius 2 is 1.90 bits per heavy atom. The number of rotatable bonds is 0. The second-order valence-corrected chi connectivity index (χ2v) is 2.65. The summed E-state index contributed by atoms with van der Waals surface area (Å²) >= 11 is 2.80. The van der Waals surface area contributed by atoms with Gasteiger partial charge in [-0.3, -0.25) is 0 Å². The van der Waals surface area contributed by atoms with Crippen molar-refractivity contribution in [3.63, 3.8) is 0 Å². The van der Waals surface area contributed by atoms with E-state index in [1.807, 2.05) is 0 Å². The summed E-state index contributed by atoms with van der Waals surface area (Å²) in [5.74, 6) is -1.17. The van der Waals surface area contributed by atoms with Crippen LogP contribution in [0.25, 0.3) is 0 Å². The molecule has 54 valence electrons. The summed E-state index contributed by atoms with van der Waals surface area (Å²) in [4.78, 5) is 0. The van der Waals surface area contributed by atoms with Gasteiger partial charge in [0.1, 0.15) is 5.82 Å². The minimum atomic E-state index is -0.624. The van der Waals surface area contributed by atoms with Crippen LogP contribution < -0.4 is 5.73 Å². The Bertz CT molecular complexity index is 239. The Labute approximate surface area is 65.0 Å². The van der Waals surface area contributed by atoms with Crippen molar-refractivity contribution >= 4 is 21.6 Å². The summed E-state index contributed by atoms with van der Waals surface area (Å²) in [6, 6.07) is 1.95. The lowest BCUT2D eigenvalue weighted by Gasteiger charge is -1.97. The molecule has 1 aromatic carbocycles. The van der Waals surface area contributed by atoms with Gasteiger partial charge in [0, 0.05) is 0 Å². The number of anilines is 1. The van der Waals surface area contributed by atoms with E-state index in [1.54, 1.807) is 0 Å². The Morgan fingerprint density at radius 1 is 1.30 bits per heavy atom. The quantitative estimate of drug-likeness (QED) is 0.513. The fourth-order valence-corrected chi connectivity index (χ4v) is 1.02. The predicted molar refractivity (Wildman–Crippen MR) is 38.5 cm³/mol. The maximum Gasteiger partial charge on any atom is 0.160 e. The molecule has 0 heterocycles. The SMILES string of the molecule is Nc1cc(F)cc(Br)c1F. The number of nitrogens with two attached hydrogens (primary N) is 1. The molecule has 0 aromatic heterocycles. The average Bonchev–Trinajstić information content (AvgIpc) is 1.82. The highest BCUT2D eigenvalue weighted by Crippen LogP contribution is 2.21. The van der Waals surface area contributed by atoms with Gasteiger partial charge in [-0.2, -0.15) is 0 Å². The van der Waals surface area contributed by atoms with Crippen molar-refractivity contribution in [3.05, 3.63) is 28.2 Å². The number of hydrogen-bond donors (Lipinski definition) is 1. The zero-order chi connectivity index (χ0) is 7.72. The van der Waals surface area contributed by atoms with Crippen molar-refractivity contribution in [1.29, 1.82) is 0 Å². The maximum atomic E-state index is 12.6. The van der Waals surface area contributed by atoms with Gasteiger partial charge in [-0.25, -0.2) is 8.78 Å². The van der Waals surface area contributed by atoms with Gasteiger partial charge < -0.3 is 5.73 Å². The molecule has 0 radical (unpaired) electrons. The van der Waals surface area contributed by atoms with Gasteiger partial charge >= 0.3 is 0 Å². The van der Waals surface area contributed by atoms with Crippen molar-refractivity contribution in [2.75, 3.05) is 5.73 Å². The average molecular weight is 208 g/mol. The Balaban J connectivity index is 3.31. The Kier molecular flexibility index (Phi) is 1.89. The lowest BCUT2D eigenvalue weighted by atomic mass is 10.3. The van der Waals surface area contributed by atoms with Gasteiger partial charge in [-0.15, -0.1) is 0 Å². The lowest BCUT2D eigenvalue weighted by Crippen LogP contribution is -1.92. The highest BCUT2D eigenvalue weighted by atomic mass is 79.9. The topological polar surface area (TPSA) is 26.0 Å². The zero-order valence-corrected chi connectivity index (χ0v) is 6.45. The van der Waals surface area contributed by atoms with E-state index in [1.165, 1.54) is 0 Å². The third kappa shape index (κ3) is 1.26. The normalized spacial score (nSPS) is 9.90. The number of halogens is 3. The highest BCUT2D eigenvalue weighted by Gasteiger charge is 2.04. The first-order valence-corrected chi connectivity index (χ1v) is 3.30. The van der Waals surface area contributed by atoms with E-state index in [0.29, 0.717) is 0 Å². The monoisotopic (exact) mass is 207 g/mol. The zero-order valence-electron chi connectivity index (χ0n) is 4.87. The molecule has 10 heavy (non-hydrogen) atoms. The standard InChI is InChI=1S/C6H4BrF2N/c7-4-1-3(8)2-5(10)6(4)9/h1-2H,10H2. The fourth-order valence-electron chi connectivity index (χ4n) is 0.576. The molecule has 0 aliphatic carbocycles. The molecule has 0 unspecified atom stereocenters. The molecular weight excluding hydrogens is 204 g/mol. The van der Waals surface area contributed by atoms with Gasteiger partial charge in [0.25, 0.3) is 0 Å². The Morgan fingerprint density at radius 3 is 2.40 bits per heavy atom. The maximum absolute atomic E-state index is 12.6. The third-order valence-corrected chi connectivity index (χ3v) is 1.60. The van der Waals surface area contributed by atoms with Crippen molar-refractivity contribution < 1.29 is 8.78 Å². The van der Waals surface area contributed by atoms with Crippen LogP contribution >= 0.6 is 15.9 Å². The molecule has 2 N–H and O–H groups in total. The largest absolute Gasteiger partial charge is 0.396 e. The summed E-state index contributed by atoms with van der Waals surface area (Å²) in [7, 11) is 0. The summed E-state index contributed by atoms with van der Waals surface area (Å²) in [5.41, 5.74) is 4.89. The van der Waals surface area contributed by atoms with Crippen molar-refractivity contribution in [2.24, 2.45) is 0 Å². The molecule has 0 saturated carbocycles. The first-order chi connectivity index (χ1) is 4.61. The molecule has 0 aliphatic heterocycles. The minimum Gasteiger partial charge on any atom is -0.396 e. The molecule has 0 bridgehead atoms. The van der Waals surface area contributed by atoms with Crippen LogP contribution in [-0.4, -0.2) is 0 Å².